The summed E-state index contributed by atoms with van der Waals surface area (Å²) in [5.74, 6) is 1.56. The number of benzene rings is 1. The molecule has 7 nitrogen and oxygen atoms in total. The van der Waals surface area contributed by atoms with Crippen LogP contribution in [0, 0.1) is 17.7 Å². The lowest BCUT2D eigenvalue weighted by molar-refractivity contribution is -0.130. The van der Waals surface area contributed by atoms with Crippen LogP contribution < -0.4 is 14.4 Å². The third kappa shape index (κ3) is 3.23. The normalized spacial score (nSPS) is 23.6. The van der Waals surface area contributed by atoms with Crippen LogP contribution in [-0.2, 0) is 4.79 Å². The van der Waals surface area contributed by atoms with Gasteiger partial charge in [-0.25, -0.2) is 4.39 Å². The van der Waals surface area contributed by atoms with Crippen molar-refractivity contribution in [3.05, 3.63) is 41.7 Å². The Bertz CT molecular complexity index is 871. The average molecular weight is 386 g/mol. The van der Waals surface area contributed by atoms with Crippen LogP contribution in [0.5, 0.6) is 11.8 Å². The quantitative estimate of drug-likeness (QED) is 0.803. The van der Waals surface area contributed by atoms with E-state index in [1.807, 2.05) is 11.0 Å². The number of aromatic nitrogens is 2. The van der Waals surface area contributed by atoms with Crippen molar-refractivity contribution in [2.24, 2.45) is 11.8 Å². The van der Waals surface area contributed by atoms with Crippen molar-refractivity contribution >= 4 is 11.9 Å². The van der Waals surface area contributed by atoms with E-state index >= 15 is 0 Å². The molecule has 0 spiro atoms. The molecule has 0 bridgehead atoms. The van der Waals surface area contributed by atoms with Crippen molar-refractivity contribution in [3.8, 4) is 11.8 Å². The number of hydrogen-bond acceptors (Lipinski definition) is 6. The van der Waals surface area contributed by atoms with Gasteiger partial charge in [-0.2, -0.15) is 9.97 Å². The molecular formula is C20H23FN4O3. The van der Waals surface area contributed by atoms with Gasteiger partial charge in [0.15, 0.2) is 0 Å². The predicted molar refractivity (Wildman–Crippen MR) is 101 cm³/mol. The molecule has 0 aliphatic carbocycles. The Hall–Kier alpha value is -2.90. The zero-order valence-corrected chi connectivity index (χ0v) is 16.1. The number of hydrogen-bond donors (Lipinski definition) is 0. The molecule has 1 aromatic carbocycles. The number of ether oxygens (including phenoxy) is 2. The number of anilines is 1. The van der Waals surface area contributed by atoms with Crippen LogP contribution in [0.15, 0.2) is 30.3 Å². The van der Waals surface area contributed by atoms with Gasteiger partial charge < -0.3 is 19.3 Å². The topological polar surface area (TPSA) is 67.8 Å². The molecule has 0 radical (unpaired) electrons. The second kappa shape index (κ2) is 7.26. The van der Waals surface area contributed by atoms with Gasteiger partial charge in [-0.15, -0.1) is 0 Å². The number of carbonyl (C=O) groups excluding carboxylic acids is 1. The lowest BCUT2D eigenvalue weighted by atomic mass is 9.89. The van der Waals surface area contributed by atoms with Gasteiger partial charge in [0, 0.05) is 38.4 Å². The fourth-order valence-corrected chi connectivity index (χ4v) is 4.39. The van der Waals surface area contributed by atoms with E-state index in [4.69, 9.17) is 9.47 Å². The maximum absolute atomic E-state index is 13.8. The number of rotatable bonds is 4. The van der Waals surface area contributed by atoms with Crippen LogP contribution >= 0.6 is 0 Å². The number of carbonyl (C=O) groups is 1. The Morgan fingerprint density at radius 2 is 1.82 bits per heavy atom. The zero-order chi connectivity index (χ0) is 19.8. The van der Waals surface area contributed by atoms with Crippen LogP contribution in [0.25, 0.3) is 0 Å². The third-order valence-corrected chi connectivity index (χ3v) is 5.63. The van der Waals surface area contributed by atoms with Gasteiger partial charge in [-0.3, -0.25) is 4.79 Å². The molecule has 2 fully saturated rings. The fourth-order valence-electron chi connectivity index (χ4n) is 4.39. The van der Waals surface area contributed by atoms with Gasteiger partial charge >= 0.3 is 0 Å². The Labute approximate surface area is 163 Å². The molecule has 0 N–H and O–H groups in total. The summed E-state index contributed by atoms with van der Waals surface area (Å²) < 4.78 is 24.3. The van der Waals surface area contributed by atoms with Crippen molar-refractivity contribution in [1.29, 1.82) is 0 Å². The molecule has 1 aromatic heterocycles. The summed E-state index contributed by atoms with van der Waals surface area (Å²) in [7, 11) is 3.10. The van der Waals surface area contributed by atoms with E-state index in [0.29, 0.717) is 30.8 Å². The highest BCUT2D eigenvalue weighted by atomic mass is 19.1. The van der Waals surface area contributed by atoms with Gasteiger partial charge in [0.1, 0.15) is 5.82 Å². The first kappa shape index (κ1) is 18.5. The molecule has 2 aliphatic rings. The lowest BCUT2D eigenvalue weighted by Crippen LogP contribution is -2.34. The number of fused-ring (bicyclic) bond motifs is 1. The Morgan fingerprint density at radius 1 is 1.11 bits per heavy atom. The largest absolute Gasteiger partial charge is 0.481 e. The zero-order valence-electron chi connectivity index (χ0n) is 16.1. The standard InChI is InChI=1S/C20H23FN4O3/c1-12(26)25-10-14-9-24(20-22-17(27-2)8-18(23-20)28-3)11-16(14)19(25)13-5-4-6-15(21)7-13/h4-8,14,16,19H,9-11H2,1-3H3/t14-,16-,19-/m1/s1. The number of methoxy groups -OCH3 is 2. The molecular weight excluding hydrogens is 363 g/mol. The number of nitrogens with zero attached hydrogens (tertiary/aromatic N) is 4. The molecule has 2 aliphatic heterocycles. The van der Waals surface area contributed by atoms with E-state index in [1.54, 1.807) is 33.3 Å². The van der Waals surface area contributed by atoms with Gasteiger partial charge in [0.05, 0.1) is 26.3 Å². The highest BCUT2D eigenvalue weighted by Gasteiger charge is 2.49. The number of halogens is 1. The second-order valence-corrected chi connectivity index (χ2v) is 7.25. The van der Waals surface area contributed by atoms with Crippen LogP contribution in [0.1, 0.15) is 18.5 Å². The van der Waals surface area contributed by atoms with E-state index in [9.17, 15) is 9.18 Å². The van der Waals surface area contributed by atoms with Crippen LogP contribution in [0.4, 0.5) is 10.3 Å². The molecule has 0 unspecified atom stereocenters. The highest BCUT2D eigenvalue weighted by molar-refractivity contribution is 5.74. The smallest absolute Gasteiger partial charge is 0.231 e. The van der Waals surface area contributed by atoms with Crippen molar-refractivity contribution in [2.75, 3.05) is 38.8 Å². The summed E-state index contributed by atoms with van der Waals surface area (Å²) in [6, 6.07) is 8.00. The van der Waals surface area contributed by atoms with Crippen LogP contribution in [0.2, 0.25) is 0 Å². The first-order chi connectivity index (χ1) is 13.5. The first-order valence-electron chi connectivity index (χ1n) is 9.25. The van der Waals surface area contributed by atoms with E-state index in [1.165, 1.54) is 12.1 Å². The molecule has 148 valence electrons. The summed E-state index contributed by atoms with van der Waals surface area (Å²) in [6.07, 6.45) is 0. The molecule has 4 rings (SSSR count). The van der Waals surface area contributed by atoms with Gasteiger partial charge in [0.2, 0.25) is 23.6 Å². The predicted octanol–water partition coefficient (Wildman–Crippen LogP) is 2.29. The average Bonchev–Trinajstić information content (AvgIpc) is 3.25. The Balaban J connectivity index is 1.64. The molecule has 0 saturated carbocycles. The van der Waals surface area contributed by atoms with Gasteiger partial charge in [-0.1, -0.05) is 12.1 Å². The third-order valence-electron chi connectivity index (χ3n) is 5.63. The minimum absolute atomic E-state index is 0.00881. The van der Waals surface area contributed by atoms with Crippen molar-refractivity contribution in [2.45, 2.75) is 13.0 Å². The molecule has 3 atom stereocenters. The molecule has 2 saturated heterocycles. The lowest BCUT2D eigenvalue weighted by Gasteiger charge is -2.29. The number of likely N-dealkylation sites (tertiary alicyclic amines) is 1. The number of amides is 1. The fraction of sp³-hybridized carbons (Fsp3) is 0.450. The minimum atomic E-state index is -0.292. The van der Waals surface area contributed by atoms with E-state index in [0.717, 1.165) is 12.1 Å². The summed E-state index contributed by atoms with van der Waals surface area (Å²) in [6.45, 7) is 3.60. The van der Waals surface area contributed by atoms with Crippen LogP contribution in [0.3, 0.4) is 0 Å². The molecule has 1 amide bonds. The summed E-state index contributed by atoms with van der Waals surface area (Å²) in [4.78, 5) is 25.1. The first-order valence-corrected chi connectivity index (χ1v) is 9.25. The Morgan fingerprint density at radius 3 is 2.43 bits per heavy atom. The monoisotopic (exact) mass is 386 g/mol. The van der Waals surface area contributed by atoms with E-state index in [-0.39, 0.29) is 29.6 Å². The minimum Gasteiger partial charge on any atom is -0.481 e. The summed E-state index contributed by atoms with van der Waals surface area (Å²) in [5.41, 5.74) is 0.827. The van der Waals surface area contributed by atoms with E-state index < -0.39 is 0 Å². The van der Waals surface area contributed by atoms with Gasteiger partial charge in [-0.05, 0) is 17.7 Å². The van der Waals surface area contributed by atoms with Crippen LogP contribution in [-0.4, -0.2) is 54.6 Å². The second-order valence-electron chi connectivity index (χ2n) is 7.25. The van der Waals surface area contributed by atoms with Gasteiger partial charge in [0.25, 0.3) is 0 Å². The molecule has 8 heteroatoms. The molecule has 3 heterocycles. The molecule has 28 heavy (non-hydrogen) atoms. The van der Waals surface area contributed by atoms with Crippen molar-refractivity contribution in [1.82, 2.24) is 14.9 Å². The van der Waals surface area contributed by atoms with Crippen molar-refractivity contribution < 1.29 is 18.7 Å². The van der Waals surface area contributed by atoms with E-state index in [2.05, 4.69) is 14.9 Å². The Kier molecular flexibility index (Phi) is 4.78. The summed E-state index contributed by atoms with van der Waals surface area (Å²) >= 11 is 0. The SMILES string of the molecule is COc1cc(OC)nc(N2C[C@@H]3CN(C(C)=O)[C@H](c4cccc(F)c4)[C@@H]3C2)n1. The highest BCUT2D eigenvalue weighted by Crippen LogP contribution is 2.45. The summed E-state index contributed by atoms with van der Waals surface area (Å²) in [5, 5.41) is 0. The maximum atomic E-state index is 13.8. The van der Waals surface area contributed by atoms with Crippen molar-refractivity contribution in [3.63, 3.8) is 0 Å². The maximum Gasteiger partial charge on any atom is 0.231 e. The molecule has 2 aromatic rings.